The number of rotatable bonds is 8. The lowest BCUT2D eigenvalue weighted by Gasteiger charge is -2.15. The number of anilines is 1. The normalized spacial score (nSPS) is 11.3. The van der Waals surface area contributed by atoms with Crippen molar-refractivity contribution in [3.05, 3.63) is 53.6 Å². The van der Waals surface area contributed by atoms with Crippen molar-refractivity contribution in [3.8, 4) is 11.5 Å². The molecule has 6 nitrogen and oxygen atoms in total. The summed E-state index contributed by atoms with van der Waals surface area (Å²) >= 11 is 5.86. The Labute approximate surface area is 157 Å². The van der Waals surface area contributed by atoms with Gasteiger partial charge in [-0.2, -0.15) is 0 Å². The van der Waals surface area contributed by atoms with E-state index in [0.717, 1.165) is 0 Å². The number of hydrogen-bond acceptors (Lipinski definition) is 5. The predicted molar refractivity (Wildman–Crippen MR) is 98.7 cm³/mol. The van der Waals surface area contributed by atoms with E-state index >= 15 is 0 Å². The van der Waals surface area contributed by atoms with Crippen LogP contribution >= 0.6 is 11.6 Å². The Morgan fingerprint density at radius 3 is 2.42 bits per heavy atom. The van der Waals surface area contributed by atoms with Gasteiger partial charge in [0.25, 0.3) is 5.91 Å². The molecule has 0 saturated heterocycles. The van der Waals surface area contributed by atoms with Crippen LogP contribution in [0.1, 0.15) is 13.8 Å². The smallest absolute Gasteiger partial charge is 0.344 e. The first-order valence-corrected chi connectivity index (χ1v) is 8.48. The molecule has 0 saturated carbocycles. The van der Waals surface area contributed by atoms with E-state index in [0.29, 0.717) is 28.8 Å². The number of carbonyl (C=O) groups is 2. The summed E-state index contributed by atoms with van der Waals surface area (Å²) in [6.45, 7) is 3.47. The van der Waals surface area contributed by atoms with Crippen molar-refractivity contribution in [3.63, 3.8) is 0 Å². The molecule has 2 aromatic carbocycles. The molecule has 2 rings (SSSR count). The molecule has 1 atom stereocenters. The summed E-state index contributed by atoms with van der Waals surface area (Å²) < 4.78 is 15.9. The van der Waals surface area contributed by atoms with Gasteiger partial charge in [-0.15, -0.1) is 0 Å². The Kier molecular flexibility index (Phi) is 7.29. The number of amides is 1. The molecular formula is C19H20ClNO5. The molecule has 0 aliphatic heterocycles. The Hall–Kier alpha value is -2.73. The highest BCUT2D eigenvalue weighted by Gasteiger charge is 2.19. The van der Waals surface area contributed by atoms with Gasteiger partial charge in [0.15, 0.2) is 24.2 Å². The van der Waals surface area contributed by atoms with Crippen molar-refractivity contribution >= 4 is 29.2 Å². The highest BCUT2D eigenvalue weighted by Crippen LogP contribution is 2.26. The van der Waals surface area contributed by atoms with Gasteiger partial charge in [0, 0.05) is 10.7 Å². The number of nitrogens with one attached hydrogen (secondary N) is 1. The Balaban J connectivity index is 1.84. The fourth-order valence-corrected chi connectivity index (χ4v) is 2.27. The van der Waals surface area contributed by atoms with Crippen LogP contribution < -0.4 is 14.8 Å². The lowest BCUT2D eigenvalue weighted by Crippen LogP contribution is -2.31. The zero-order valence-electron chi connectivity index (χ0n) is 14.5. The second-order valence-corrected chi connectivity index (χ2v) is 5.74. The Bertz CT molecular complexity index is 765. The summed E-state index contributed by atoms with van der Waals surface area (Å²) in [5.74, 6) is -0.155. The lowest BCUT2D eigenvalue weighted by molar-refractivity contribution is -0.155. The fourth-order valence-electron chi connectivity index (χ4n) is 2.08. The molecule has 0 radical (unpaired) electrons. The number of esters is 1. The number of hydrogen-bond donors (Lipinski definition) is 1. The van der Waals surface area contributed by atoms with Gasteiger partial charge in [0.1, 0.15) is 0 Å². The van der Waals surface area contributed by atoms with Crippen molar-refractivity contribution in [2.75, 3.05) is 18.5 Å². The van der Waals surface area contributed by atoms with Gasteiger partial charge in [-0.25, -0.2) is 4.79 Å². The van der Waals surface area contributed by atoms with Gasteiger partial charge in [-0.1, -0.05) is 29.8 Å². The highest BCUT2D eigenvalue weighted by molar-refractivity contribution is 6.30. The molecule has 26 heavy (non-hydrogen) atoms. The van der Waals surface area contributed by atoms with E-state index in [1.54, 1.807) is 48.5 Å². The van der Waals surface area contributed by atoms with Crippen LogP contribution in [0.5, 0.6) is 11.5 Å². The maximum atomic E-state index is 12.1. The highest BCUT2D eigenvalue weighted by atomic mass is 35.5. The third-order valence-electron chi connectivity index (χ3n) is 3.26. The minimum atomic E-state index is -0.979. The van der Waals surface area contributed by atoms with Crippen molar-refractivity contribution < 1.29 is 23.8 Å². The van der Waals surface area contributed by atoms with E-state index in [2.05, 4.69) is 5.32 Å². The predicted octanol–water partition coefficient (Wildman–Crippen LogP) is 3.69. The summed E-state index contributed by atoms with van der Waals surface area (Å²) in [6, 6.07) is 13.7. The maximum absolute atomic E-state index is 12.1. The fraction of sp³-hybridized carbons (Fsp3) is 0.263. The SMILES string of the molecule is CCOc1ccccc1OCC(=O)O[C@@H](C)C(=O)Nc1cccc(Cl)c1. The molecule has 0 bridgehead atoms. The van der Waals surface area contributed by atoms with Crippen molar-refractivity contribution in [1.29, 1.82) is 0 Å². The summed E-state index contributed by atoms with van der Waals surface area (Å²) in [4.78, 5) is 24.0. The van der Waals surface area contributed by atoms with Gasteiger partial charge in [-0.05, 0) is 44.2 Å². The van der Waals surface area contributed by atoms with Crippen molar-refractivity contribution in [1.82, 2.24) is 0 Å². The lowest BCUT2D eigenvalue weighted by atomic mass is 10.3. The molecule has 0 aromatic heterocycles. The number of carbonyl (C=O) groups excluding carboxylic acids is 2. The minimum absolute atomic E-state index is 0.334. The quantitative estimate of drug-likeness (QED) is 0.710. The molecule has 0 aliphatic rings. The maximum Gasteiger partial charge on any atom is 0.344 e. The zero-order chi connectivity index (χ0) is 18.9. The van der Waals surface area contributed by atoms with Gasteiger partial charge in [0.2, 0.25) is 0 Å². The Morgan fingerprint density at radius 2 is 1.77 bits per heavy atom. The molecule has 0 unspecified atom stereocenters. The average Bonchev–Trinajstić information content (AvgIpc) is 2.61. The number of halogens is 1. The van der Waals surface area contributed by atoms with E-state index in [4.69, 9.17) is 25.8 Å². The molecule has 1 N–H and O–H groups in total. The second kappa shape index (κ2) is 9.68. The standard InChI is InChI=1S/C19H20ClNO5/c1-3-24-16-9-4-5-10-17(16)25-12-18(22)26-13(2)19(23)21-15-8-6-7-14(20)11-15/h4-11,13H,3,12H2,1-2H3,(H,21,23)/t13-/m0/s1. The van der Waals surface area contributed by atoms with E-state index in [9.17, 15) is 9.59 Å². The van der Waals surface area contributed by atoms with Crippen LogP contribution in [0.3, 0.4) is 0 Å². The molecule has 0 spiro atoms. The molecule has 0 heterocycles. The zero-order valence-corrected chi connectivity index (χ0v) is 15.3. The number of ether oxygens (including phenoxy) is 3. The van der Waals surface area contributed by atoms with Crippen LogP contribution in [0.4, 0.5) is 5.69 Å². The number of benzene rings is 2. The molecule has 2 aromatic rings. The van der Waals surface area contributed by atoms with Gasteiger partial charge < -0.3 is 19.5 Å². The van der Waals surface area contributed by atoms with Gasteiger partial charge in [0.05, 0.1) is 6.61 Å². The van der Waals surface area contributed by atoms with Crippen LogP contribution in [0, 0.1) is 0 Å². The van der Waals surface area contributed by atoms with E-state index < -0.39 is 18.0 Å². The molecular weight excluding hydrogens is 358 g/mol. The van der Waals surface area contributed by atoms with Crippen LogP contribution in [0.2, 0.25) is 5.02 Å². The van der Waals surface area contributed by atoms with E-state index in [-0.39, 0.29) is 6.61 Å². The first-order valence-electron chi connectivity index (χ1n) is 8.10. The number of para-hydroxylation sites is 2. The van der Waals surface area contributed by atoms with Crippen LogP contribution in [0.25, 0.3) is 0 Å². The van der Waals surface area contributed by atoms with Gasteiger partial charge in [-0.3, -0.25) is 4.79 Å². The summed E-state index contributed by atoms with van der Waals surface area (Å²) in [6.07, 6.45) is -0.979. The third kappa shape index (κ3) is 5.97. The minimum Gasteiger partial charge on any atom is -0.490 e. The van der Waals surface area contributed by atoms with Crippen LogP contribution in [0.15, 0.2) is 48.5 Å². The van der Waals surface area contributed by atoms with Crippen LogP contribution in [-0.4, -0.2) is 31.2 Å². The van der Waals surface area contributed by atoms with Crippen LogP contribution in [-0.2, 0) is 14.3 Å². The van der Waals surface area contributed by atoms with Crippen molar-refractivity contribution in [2.24, 2.45) is 0 Å². The molecule has 7 heteroatoms. The molecule has 1 amide bonds. The molecule has 0 aliphatic carbocycles. The Morgan fingerprint density at radius 1 is 1.08 bits per heavy atom. The summed E-state index contributed by atoms with van der Waals surface area (Å²) in [5.41, 5.74) is 0.521. The summed E-state index contributed by atoms with van der Waals surface area (Å²) in [7, 11) is 0. The van der Waals surface area contributed by atoms with Gasteiger partial charge >= 0.3 is 5.97 Å². The largest absolute Gasteiger partial charge is 0.490 e. The third-order valence-corrected chi connectivity index (χ3v) is 3.50. The monoisotopic (exact) mass is 377 g/mol. The average molecular weight is 378 g/mol. The second-order valence-electron chi connectivity index (χ2n) is 5.30. The topological polar surface area (TPSA) is 73.9 Å². The van der Waals surface area contributed by atoms with E-state index in [1.165, 1.54) is 6.92 Å². The first-order chi connectivity index (χ1) is 12.5. The van der Waals surface area contributed by atoms with E-state index in [1.807, 2.05) is 6.92 Å². The summed E-state index contributed by atoms with van der Waals surface area (Å²) in [5, 5.41) is 3.12. The molecule has 138 valence electrons. The van der Waals surface area contributed by atoms with Crippen molar-refractivity contribution in [2.45, 2.75) is 20.0 Å². The first kappa shape index (κ1) is 19.6. The molecule has 0 fully saturated rings.